The molecule has 1 saturated heterocycles. The van der Waals surface area contributed by atoms with Gasteiger partial charge in [-0.25, -0.2) is 0 Å². The van der Waals surface area contributed by atoms with Crippen LogP contribution in [0.2, 0.25) is 5.02 Å². The molecule has 130 valence electrons. The Morgan fingerprint density at radius 1 is 1.32 bits per heavy atom. The lowest BCUT2D eigenvalue weighted by Gasteiger charge is -2.50. The van der Waals surface area contributed by atoms with Gasteiger partial charge in [0.15, 0.2) is 5.72 Å². The fraction of sp³-hybridized carbons (Fsp3) is 0.368. The fourth-order valence-electron chi connectivity index (χ4n) is 4.13. The molecule has 25 heavy (non-hydrogen) atoms. The van der Waals surface area contributed by atoms with Crippen LogP contribution in [-0.2, 0) is 0 Å². The molecule has 1 aromatic carbocycles. The van der Waals surface area contributed by atoms with Gasteiger partial charge in [-0.1, -0.05) is 17.7 Å². The maximum atomic E-state index is 6.60. The predicted molar refractivity (Wildman–Crippen MR) is 101 cm³/mol. The van der Waals surface area contributed by atoms with Crippen LogP contribution in [0, 0.1) is 0 Å². The first-order chi connectivity index (χ1) is 12.1. The molecule has 1 atom stereocenters. The Hall–Kier alpha value is -1.53. The number of nitrogens with zero attached hydrogens (tertiary/aromatic N) is 1. The van der Waals surface area contributed by atoms with Crippen molar-refractivity contribution in [1.29, 1.82) is 0 Å². The van der Waals surface area contributed by atoms with Crippen LogP contribution in [0.4, 0.5) is 0 Å². The standard InChI is InChI=1S/C19H20ClN3OS/c1-22-8-6-19(7-9-22)23-16(12-15(21-23)18-3-2-10-25-18)14-11-13(20)4-5-17(14)24-19/h2-5,10-12,16,21H,6-9H2,1H3/p+1. The Balaban J connectivity index is 1.60. The number of thiophene rings is 1. The number of rotatable bonds is 1. The maximum absolute atomic E-state index is 6.60. The predicted octanol–water partition coefficient (Wildman–Crippen LogP) is 2.70. The molecular weight excluding hydrogens is 354 g/mol. The van der Waals surface area contributed by atoms with E-state index >= 15 is 0 Å². The molecule has 0 amide bonds. The number of quaternary nitrogens is 1. The maximum Gasteiger partial charge on any atom is 0.191 e. The number of likely N-dealkylation sites (tertiary alicyclic amines) is 1. The number of nitrogens with one attached hydrogen (secondary N) is 2. The molecule has 0 aliphatic carbocycles. The number of fused-ring (bicyclic) bond motifs is 4. The van der Waals surface area contributed by atoms with Gasteiger partial charge in [-0.3, -0.25) is 0 Å². The van der Waals surface area contributed by atoms with Crippen molar-refractivity contribution >= 4 is 28.6 Å². The number of ether oxygens (including phenoxy) is 1. The van der Waals surface area contributed by atoms with Crippen LogP contribution in [-0.4, -0.2) is 30.9 Å². The average Bonchev–Trinajstić information content (AvgIpc) is 3.28. The molecule has 3 aliphatic rings. The molecule has 0 bridgehead atoms. The minimum atomic E-state index is -0.291. The highest BCUT2D eigenvalue weighted by atomic mass is 35.5. The Bertz CT molecular complexity index is 827. The molecule has 6 heteroatoms. The first kappa shape index (κ1) is 15.7. The molecule has 3 aliphatic heterocycles. The van der Waals surface area contributed by atoms with Crippen molar-refractivity contribution in [3.05, 3.63) is 57.3 Å². The van der Waals surface area contributed by atoms with E-state index in [2.05, 4.69) is 41.1 Å². The molecule has 1 unspecified atom stereocenters. The van der Waals surface area contributed by atoms with Crippen molar-refractivity contribution in [1.82, 2.24) is 10.4 Å². The van der Waals surface area contributed by atoms with E-state index in [4.69, 9.17) is 16.3 Å². The summed E-state index contributed by atoms with van der Waals surface area (Å²) >= 11 is 8.04. The van der Waals surface area contributed by atoms with Crippen molar-refractivity contribution in [3.63, 3.8) is 0 Å². The van der Waals surface area contributed by atoms with Crippen molar-refractivity contribution in [3.8, 4) is 5.75 Å². The van der Waals surface area contributed by atoms with E-state index in [1.54, 1.807) is 16.2 Å². The van der Waals surface area contributed by atoms with Crippen LogP contribution in [0.25, 0.3) is 5.70 Å². The number of halogens is 1. The molecule has 4 nitrogen and oxygen atoms in total. The highest BCUT2D eigenvalue weighted by molar-refractivity contribution is 7.11. The van der Waals surface area contributed by atoms with Crippen LogP contribution in [0.3, 0.4) is 0 Å². The summed E-state index contributed by atoms with van der Waals surface area (Å²) in [5.74, 6) is 0.968. The summed E-state index contributed by atoms with van der Waals surface area (Å²) in [5, 5.41) is 5.20. The molecule has 0 radical (unpaired) electrons. The summed E-state index contributed by atoms with van der Waals surface area (Å²) < 4.78 is 6.60. The van der Waals surface area contributed by atoms with Crippen molar-refractivity contribution < 1.29 is 9.64 Å². The summed E-state index contributed by atoms with van der Waals surface area (Å²) in [4.78, 5) is 2.82. The Morgan fingerprint density at radius 3 is 2.92 bits per heavy atom. The molecule has 0 saturated carbocycles. The van der Waals surface area contributed by atoms with Crippen molar-refractivity contribution in [2.24, 2.45) is 0 Å². The summed E-state index contributed by atoms with van der Waals surface area (Å²) in [6, 6.07) is 10.4. The lowest BCUT2D eigenvalue weighted by atomic mass is 9.93. The summed E-state index contributed by atoms with van der Waals surface area (Å²) in [6.07, 6.45) is 4.34. The second-order valence-electron chi connectivity index (χ2n) is 7.17. The summed E-state index contributed by atoms with van der Waals surface area (Å²) in [7, 11) is 2.26. The van der Waals surface area contributed by atoms with Gasteiger partial charge in [0.25, 0.3) is 0 Å². The van der Waals surface area contributed by atoms with Gasteiger partial charge in [-0.2, -0.15) is 5.01 Å². The second kappa shape index (κ2) is 5.74. The zero-order chi connectivity index (χ0) is 17.0. The minimum absolute atomic E-state index is 0.151. The van der Waals surface area contributed by atoms with E-state index in [-0.39, 0.29) is 11.8 Å². The molecule has 5 rings (SSSR count). The van der Waals surface area contributed by atoms with Crippen molar-refractivity contribution in [2.45, 2.75) is 24.6 Å². The first-order valence-electron chi connectivity index (χ1n) is 8.76. The van der Waals surface area contributed by atoms with Crippen LogP contribution in [0.1, 0.15) is 29.3 Å². The van der Waals surface area contributed by atoms with Gasteiger partial charge in [0.05, 0.1) is 49.6 Å². The monoisotopic (exact) mass is 374 g/mol. The zero-order valence-electron chi connectivity index (χ0n) is 14.1. The number of hydrazine groups is 1. The van der Waals surface area contributed by atoms with Crippen LogP contribution in [0.15, 0.2) is 41.8 Å². The van der Waals surface area contributed by atoms with E-state index in [9.17, 15) is 0 Å². The van der Waals surface area contributed by atoms with E-state index in [0.29, 0.717) is 0 Å². The van der Waals surface area contributed by atoms with Crippen LogP contribution in [0.5, 0.6) is 5.75 Å². The Morgan fingerprint density at radius 2 is 2.16 bits per heavy atom. The number of piperidine rings is 1. The largest absolute Gasteiger partial charge is 0.470 e. The number of hydrogen-bond donors (Lipinski definition) is 2. The third-order valence-electron chi connectivity index (χ3n) is 5.54. The third kappa shape index (κ3) is 2.49. The van der Waals surface area contributed by atoms with Crippen molar-refractivity contribution in [2.75, 3.05) is 20.1 Å². The van der Waals surface area contributed by atoms with Gasteiger partial charge >= 0.3 is 0 Å². The normalized spacial score (nSPS) is 31.0. The Kier molecular flexibility index (Phi) is 3.61. The molecule has 1 aromatic heterocycles. The Labute approximate surface area is 156 Å². The van der Waals surface area contributed by atoms with E-state index < -0.39 is 0 Å². The van der Waals surface area contributed by atoms with E-state index in [1.165, 1.54) is 10.6 Å². The quantitative estimate of drug-likeness (QED) is 0.804. The van der Waals surface area contributed by atoms with E-state index in [0.717, 1.165) is 42.3 Å². The highest BCUT2D eigenvalue weighted by Gasteiger charge is 2.52. The smallest absolute Gasteiger partial charge is 0.191 e. The van der Waals surface area contributed by atoms with Gasteiger partial charge in [-0.15, -0.1) is 11.3 Å². The average molecular weight is 375 g/mol. The highest BCUT2D eigenvalue weighted by Crippen LogP contribution is 2.48. The van der Waals surface area contributed by atoms with Gasteiger partial charge < -0.3 is 15.1 Å². The molecule has 1 spiro atoms. The first-order valence-corrected chi connectivity index (χ1v) is 10.0. The van der Waals surface area contributed by atoms with Crippen LogP contribution >= 0.6 is 22.9 Å². The zero-order valence-corrected chi connectivity index (χ0v) is 15.7. The lowest BCUT2D eigenvalue weighted by molar-refractivity contribution is -0.888. The molecular formula is C19H21ClN3OS+. The van der Waals surface area contributed by atoms with Gasteiger partial charge in [0, 0.05) is 10.6 Å². The molecule has 1 fully saturated rings. The third-order valence-corrected chi connectivity index (χ3v) is 6.68. The van der Waals surface area contributed by atoms with E-state index in [1.807, 2.05) is 18.2 Å². The fourth-order valence-corrected chi connectivity index (χ4v) is 5.01. The van der Waals surface area contributed by atoms with Gasteiger partial charge in [0.1, 0.15) is 5.75 Å². The number of hydrogen-bond acceptors (Lipinski definition) is 4. The summed E-state index contributed by atoms with van der Waals surface area (Å²) in [6.45, 7) is 2.23. The van der Waals surface area contributed by atoms with Gasteiger partial charge in [0.2, 0.25) is 0 Å². The molecule has 2 aromatic rings. The molecule has 4 heterocycles. The summed E-state index contributed by atoms with van der Waals surface area (Å²) in [5.41, 5.74) is 5.68. The lowest BCUT2D eigenvalue weighted by Crippen LogP contribution is -3.11. The van der Waals surface area contributed by atoms with Gasteiger partial charge in [-0.05, 0) is 35.7 Å². The number of benzene rings is 1. The SMILES string of the molecule is C[NH+]1CCC2(CC1)Oc1ccc(Cl)cc1C1C=C(c3cccs3)NN12. The van der Waals surface area contributed by atoms with Crippen LogP contribution < -0.4 is 15.1 Å². The molecule has 2 N–H and O–H groups in total. The topological polar surface area (TPSA) is 28.9 Å². The second-order valence-corrected chi connectivity index (χ2v) is 8.56. The minimum Gasteiger partial charge on any atom is -0.470 e.